The molecule has 5 nitrogen and oxygen atoms in total. The number of anilines is 1. The number of methoxy groups -OCH3 is 2. The van der Waals surface area contributed by atoms with Crippen LogP contribution in [0.1, 0.15) is 13.3 Å². The van der Waals surface area contributed by atoms with Crippen LogP contribution in [-0.2, 0) is 4.74 Å². The topological polar surface area (TPSA) is 56.3 Å². The highest BCUT2D eigenvalue weighted by molar-refractivity contribution is 9.10. The van der Waals surface area contributed by atoms with E-state index >= 15 is 0 Å². The molecule has 0 spiro atoms. The van der Waals surface area contributed by atoms with Crippen LogP contribution in [0.4, 0.5) is 5.95 Å². The number of rotatable bonds is 6. The minimum atomic E-state index is 0.205. The molecular formula is C10H16BrN3O2. The van der Waals surface area contributed by atoms with E-state index in [2.05, 4.69) is 38.1 Å². The molecule has 1 unspecified atom stereocenters. The molecule has 0 amide bonds. The lowest BCUT2D eigenvalue weighted by molar-refractivity contribution is 0.184. The van der Waals surface area contributed by atoms with Gasteiger partial charge in [-0.3, -0.25) is 0 Å². The van der Waals surface area contributed by atoms with Crippen molar-refractivity contribution in [2.75, 3.05) is 26.1 Å². The second-order valence-electron chi connectivity index (χ2n) is 3.26. The summed E-state index contributed by atoms with van der Waals surface area (Å²) in [5, 5.41) is 3.18. The van der Waals surface area contributed by atoms with Crippen LogP contribution in [0.15, 0.2) is 10.7 Å². The number of hydrogen-bond acceptors (Lipinski definition) is 5. The van der Waals surface area contributed by atoms with Crippen molar-refractivity contribution in [2.24, 2.45) is 0 Å². The van der Waals surface area contributed by atoms with Crippen LogP contribution in [0.5, 0.6) is 5.88 Å². The van der Waals surface area contributed by atoms with Crippen molar-refractivity contribution in [3.8, 4) is 5.88 Å². The van der Waals surface area contributed by atoms with Crippen molar-refractivity contribution in [2.45, 2.75) is 19.4 Å². The fourth-order valence-electron chi connectivity index (χ4n) is 1.21. The predicted octanol–water partition coefficient (Wildman–Crippen LogP) is 2.08. The van der Waals surface area contributed by atoms with Gasteiger partial charge in [-0.2, -0.15) is 4.98 Å². The molecule has 1 aromatic heterocycles. The van der Waals surface area contributed by atoms with Crippen LogP contribution in [-0.4, -0.2) is 36.8 Å². The van der Waals surface area contributed by atoms with Gasteiger partial charge in [0.1, 0.15) is 0 Å². The van der Waals surface area contributed by atoms with Crippen molar-refractivity contribution in [3.63, 3.8) is 0 Å². The van der Waals surface area contributed by atoms with Crippen molar-refractivity contribution in [1.82, 2.24) is 9.97 Å². The van der Waals surface area contributed by atoms with Gasteiger partial charge in [0.05, 0.1) is 30.4 Å². The molecule has 1 N–H and O–H groups in total. The van der Waals surface area contributed by atoms with E-state index in [1.807, 2.05) is 0 Å². The molecule has 0 bridgehead atoms. The van der Waals surface area contributed by atoms with Gasteiger partial charge < -0.3 is 14.8 Å². The molecule has 90 valence electrons. The standard InChI is InChI=1S/C10H16BrN3O2/c1-4-7(6-15-2)13-10-12-5-8(11)9(14-10)16-3/h5,7H,4,6H2,1-3H3,(H,12,13,14). The number of aromatic nitrogens is 2. The Kier molecular flexibility index (Phi) is 5.48. The van der Waals surface area contributed by atoms with E-state index in [4.69, 9.17) is 9.47 Å². The molecule has 0 aliphatic rings. The third-order valence-electron chi connectivity index (χ3n) is 2.10. The number of ether oxygens (including phenoxy) is 2. The van der Waals surface area contributed by atoms with Crippen molar-refractivity contribution in [3.05, 3.63) is 10.7 Å². The zero-order valence-corrected chi connectivity index (χ0v) is 11.2. The van der Waals surface area contributed by atoms with Crippen LogP contribution in [0.3, 0.4) is 0 Å². The first-order chi connectivity index (χ1) is 7.71. The van der Waals surface area contributed by atoms with Crippen LogP contribution in [0.25, 0.3) is 0 Å². The highest BCUT2D eigenvalue weighted by Gasteiger charge is 2.09. The van der Waals surface area contributed by atoms with Crippen LogP contribution >= 0.6 is 15.9 Å². The van der Waals surface area contributed by atoms with Gasteiger partial charge in [0.2, 0.25) is 11.8 Å². The Balaban J connectivity index is 2.72. The molecule has 0 radical (unpaired) electrons. The number of halogens is 1. The maximum atomic E-state index is 5.09. The quantitative estimate of drug-likeness (QED) is 0.869. The van der Waals surface area contributed by atoms with Gasteiger partial charge in [0.15, 0.2) is 0 Å². The molecule has 1 atom stereocenters. The minimum Gasteiger partial charge on any atom is -0.480 e. The Hall–Kier alpha value is -0.880. The molecule has 0 fully saturated rings. The SMILES string of the molecule is CCC(COC)Nc1ncc(Br)c(OC)n1. The summed E-state index contributed by atoms with van der Waals surface area (Å²) in [6.07, 6.45) is 2.60. The van der Waals surface area contributed by atoms with Gasteiger partial charge in [-0.05, 0) is 22.4 Å². The van der Waals surface area contributed by atoms with E-state index in [1.165, 1.54) is 0 Å². The predicted molar refractivity (Wildman–Crippen MR) is 65.9 cm³/mol. The summed E-state index contributed by atoms with van der Waals surface area (Å²) in [6.45, 7) is 2.70. The fraction of sp³-hybridized carbons (Fsp3) is 0.600. The minimum absolute atomic E-state index is 0.205. The van der Waals surface area contributed by atoms with Gasteiger partial charge in [-0.25, -0.2) is 4.98 Å². The van der Waals surface area contributed by atoms with Gasteiger partial charge in [0, 0.05) is 7.11 Å². The molecule has 6 heteroatoms. The van der Waals surface area contributed by atoms with E-state index in [9.17, 15) is 0 Å². The van der Waals surface area contributed by atoms with Gasteiger partial charge in [-0.15, -0.1) is 0 Å². The summed E-state index contributed by atoms with van der Waals surface area (Å²) in [5.41, 5.74) is 0. The molecule has 16 heavy (non-hydrogen) atoms. The summed E-state index contributed by atoms with van der Waals surface area (Å²) in [5.74, 6) is 1.06. The summed E-state index contributed by atoms with van der Waals surface area (Å²) < 4.78 is 10.9. The Labute approximate surface area is 104 Å². The highest BCUT2D eigenvalue weighted by atomic mass is 79.9. The van der Waals surface area contributed by atoms with E-state index in [0.29, 0.717) is 18.4 Å². The maximum Gasteiger partial charge on any atom is 0.232 e. The van der Waals surface area contributed by atoms with Crippen LogP contribution < -0.4 is 10.1 Å². The first-order valence-electron chi connectivity index (χ1n) is 5.03. The molecule has 0 aliphatic carbocycles. The van der Waals surface area contributed by atoms with E-state index in [0.717, 1.165) is 10.9 Å². The normalized spacial score (nSPS) is 12.2. The zero-order chi connectivity index (χ0) is 12.0. The Morgan fingerprint density at radius 2 is 2.25 bits per heavy atom. The average molecular weight is 290 g/mol. The lowest BCUT2D eigenvalue weighted by Gasteiger charge is -2.16. The van der Waals surface area contributed by atoms with Gasteiger partial charge >= 0.3 is 0 Å². The second-order valence-corrected chi connectivity index (χ2v) is 4.11. The molecule has 1 aromatic rings. The summed E-state index contributed by atoms with van der Waals surface area (Å²) in [7, 11) is 3.25. The van der Waals surface area contributed by atoms with Gasteiger partial charge in [-0.1, -0.05) is 6.92 Å². The lowest BCUT2D eigenvalue weighted by atomic mass is 10.2. The Bertz CT molecular complexity index is 336. The average Bonchev–Trinajstić information content (AvgIpc) is 2.30. The molecule has 0 saturated heterocycles. The Morgan fingerprint density at radius 1 is 1.50 bits per heavy atom. The second kappa shape index (κ2) is 6.65. The fourth-order valence-corrected chi connectivity index (χ4v) is 1.56. The van der Waals surface area contributed by atoms with Crippen LogP contribution in [0.2, 0.25) is 0 Å². The molecule has 0 aromatic carbocycles. The first kappa shape index (κ1) is 13.2. The maximum absolute atomic E-state index is 5.09. The molecule has 1 rings (SSSR count). The third-order valence-corrected chi connectivity index (χ3v) is 2.64. The summed E-state index contributed by atoms with van der Waals surface area (Å²) >= 11 is 3.30. The largest absolute Gasteiger partial charge is 0.480 e. The van der Waals surface area contributed by atoms with Crippen LogP contribution in [0, 0.1) is 0 Å². The molecule has 1 heterocycles. The molecule has 0 aliphatic heterocycles. The molecular weight excluding hydrogens is 274 g/mol. The smallest absolute Gasteiger partial charge is 0.232 e. The van der Waals surface area contributed by atoms with E-state index in [1.54, 1.807) is 20.4 Å². The zero-order valence-electron chi connectivity index (χ0n) is 9.66. The van der Waals surface area contributed by atoms with Crippen molar-refractivity contribution in [1.29, 1.82) is 0 Å². The molecule has 0 saturated carbocycles. The highest BCUT2D eigenvalue weighted by Crippen LogP contribution is 2.22. The number of hydrogen-bond donors (Lipinski definition) is 1. The number of nitrogens with one attached hydrogen (secondary N) is 1. The van der Waals surface area contributed by atoms with Crippen molar-refractivity contribution >= 4 is 21.9 Å². The first-order valence-corrected chi connectivity index (χ1v) is 5.82. The van der Waals surface area contributed by atoms with E-state index < -0.39 is 0 Å². The van der Waals surface area contributed by atoms with E-state index in [-0.39, 0.29) is 6.04 Å². The van der Waals surface area contributed by atoms with Gasteiger partial charge in [0.25, 0.3) is 0 Å². The summed E-state index contributed by atoms with van der Waals surface area (Å²) in [6, 6.07) is 0.205. The Morgan fingerprint density at radius 3 is 2.81 bits per heavy atom. The number of nitrogens with zero attached hydrogens (tertiary/aromatic N) is 2. The lowest BCUT2D eigenvalue weighted by Crippen LogP contribution is -2.25. The summed E-state index contributed by atoms with van der Waals surface area (Å²) in [4.78, 5) is 8.37. The monoisotopic (exact) mass is 289 g/mol. The third kappa shape index (κ3) is 3.61. The van der Waals surface area contributed by atoms with Crippen molar-refractivity contribution < 1.29 is 9.47 Å².